The summed E-state index contributed by atoms with van der Waals surface area (Å²) in [5.74, 6) is -0.209. The highest BCUT2D eigenvalue weighted by molar-refractivity contribution is 5.82. The lowest BCUT2D eigenvalue weighted by Gasteiger charge is -2.08. The van der Waals surface area contributed by atoms with Crippen LogP contribution in [-0.2, 0) is 13.1 Å². The molecule has 3 nitrogen and oxygen atoms in total. The Labute approximate surface area is 123 Å². The van der Waals surface area contributed by atoms with Crippen molar-refractivity contribution in [1.29, 1.82) is 0 Å². The van der Waals surface area contributed by atoms with E-state index in [4.69, 9.17) is 0 Å². The van der Waals surface area contributed by atoms with E-state index < -0.39 is 0 Å². The molecule has 3 rings (SSSR count). The van der Waals surface area contributed by atoms with Gasteiger partial charge in [-0.1, -0.05) is 18.2 Å². The summed E-state index contributed by atoms with van der Waals surface area (Å²) in [6.45, 7) is 5.45. The summed E-state index contributed by atoms with van der Waals surface area (Å²) < 4.78 is 15.1. The van der Waals surface area contributed by atoms with Crippen LogP contribution in [-0.4, -0.2) is 9.78 Å². The average molecular weight is 283 g/mol. The van der Waals surface area contributed by atoms with Crippen molar-refractivity contribution in [2.45, 2.75) is 26.9 Å². The summed E-state index contributed by atoms with van der Waals surface area (Å²) in [6, 6.07) is 13.0. The largest absolute Gasteiger partial charge is 0.379 e. The number of rotatable bonds is 4. The third-order valence-electron chi connectivity index (χ3n) is 3.67. The maximum absolute atomic E-state index is 13.1. The number of fused-ring (bicyclic) bond motifs is 1. The van der Waals surface area contributed by atoms with Crippen molar-refractivity contribution in [3.05, 3.63) is 59.5 Å². The first-order valence-corrected chi connectivity index (χ1v) is 7.13. The van der Waals surface area contributed by atoms with E-state index in [1.807, 2.05) is 23.7 Å². The Morgan fingerprint density at radius 1 is 1.19 bits per heavy atom. The number of hydrogen-bond acceptors (Lipinski definition) is 2. The molecular formula is C17H18FN3. The standard InChI is InChI=1S/C17H18FN3/c1-3-21-17-7-5-4-6-14(17)16(20-21)11-19-15-9-8-13(18)10-12(15)2/h4-10,19H,3,11H2,1-2H3. The van der Waals surface area contributed by atoms with Crippen molar-refractivity contribution in [2.24, 2.45) is 0 Å². The molecule has 0 fully saturated rings. The Kier molecular flexibility index (Phi) is 3.60. The number of anilines is 1. The Morgan fingerprint density at radius 2 is 2.00 bits per heavy atom. The van der Waals surface area contributed by atoms with Gasteiger partial charge in [0.1, 0.15) is 5.82 Å². The molecule has 0 aliphatic rings. The van der Waals surface area contributed by atoms with Crippen molar-refractivity contribution >= 4 is 16.6 Å². The van der Waals surface area contributed by atoms with Crippen LogP contribution in [0.2, 0.25) is 0 Å². The molecular weight excluding hydrogens is 265 g/mol. The first kappa shape index (κ1) is 13.6. The highest BCUT2D eigenvalue weighted by Gasteiger charge is 2.09. The molecule has 108 valence electrons. The molecule has 0 saturated heterocycles. The Balaban J connectivity index is 1.88. The second-order valence-corrected chi connectivity index (χ2v) is 5.09. The van der Waals surface area contributed by atoms with Crippen molar-refractivity contribution < 1.29 is 4.39 Å². The third kappa shape index (κ3) is 2.61. The molecule has 2 aromatic carbocycles. The van der Waals surface area contributed by atoms with E-state index in [0.29, 0.717) is 6.54 Å². The summed E-state index contributed by atoms with van der Waals surface area (Å²) >= 11 is 0. The van der Waals surface area contributed by atoms with Gasteiger partial charge in [-0.25, -0.2) is 4.39 Å². The number of aromatic nitrogens is 2. The maximum Gasteiger partial charge on any atom is 0.123 e. The van der Waals surface area contributed by atoms with E-state index in [1.54, 1.807) is 6.07 Å². The molecule has 0 aliphatic heterocycles. The van der Waals surface area contributed by atoms with Gasteiger partial charge < -0.3 is 5.32 Å². The molecule has 1 heterocycles. The summed E-state index contributed by atoms with van der Waals surface area (Å²) in [5.41, 5.74) is 3.99. The minimum absolute atomic E-state index is 0.209. The van der Waals surface area contributed by atoms with Crippen LogP contribution >= 0.6 is 0 Å². The Hall–Kier alpha value is -2.36. The van der Waals surface area contributed by atoms with Gasteiger partial charge in [0.15, 0.2) is 0 Å². The van der Waals surface area contributed by atoms with E-state index in [2.05, 4.69) is 29.5 Å². The van der Waals surface area contributed by atoms with Crippen LogP contribution < -0.4 is 5.32 Å². The second kappa shape index (κ2) is 5.56. The number of benzene rings is 2. The first-order valence-electron chi connectivity index (χ1n) is 7.13. The first-order chi connectivity index (χ1) is 10.2. The van der Waals surface area contributed by atoms with Gasteiger partial charge in [-0.05, 0) is 43.7 Å². The molecule has 0 atom stereocenters. The fraction of sp³-hybridized carbons (Fsp3) is 0.235. The van der Waals surface area contributed by atoms with Crippen LogP contribution in [0.4, 0.5) is 10.1 Å². The van der Waals surface area contributed by atoms with Gasteiger partial charge in [0.25, 0.3) is 0 Å². The van der Waals surface area contributed by atoms with Gasteiger partial charge >= 0.3 is 0 Å². The summed E-state index contributed by atoms with van der Waals surface area (Å²) in [7, 11) is 0. The molecule has 1 aromatic heterocycles. The predicted molar refractivity (Wildman–Crippen MR) is 83.9 cm³/mol. The normalized spacial score (nSPS) is 11.0. The molecule has 0 spiro atoms. The highest BCUT2D eigenvalue weighted by atomic mass is 19.1. The summed E-state index contributed by atoms with van der Waals surface area (Å²) in [4.78, 5) is 0. The topological polar surface area (TPSA) is 29.9 Å². The van der Waals surface area contributed by atoms with Crippen LogP contribution in [0.3, 0.4) is 0 Å². The lowest BCUT2D eigenvalue weighted by Crippen LogP contribution is -2.03. The minimum Gasteiger partial charge on any atom is -0.379 e. The number of aryl methyl sites for hydroxylation is 2. The smallest absolute Gasteiger partial charge is 0.123 e. The van der Waals surface area contributed by atoms with E-state index in [0.717, 1.165) is 34.4 Å². The van der Waals surface area contributed by atoms with E-state index in [1.165, 1.54) is 12.1 Å². The quantitative estimate of drug-likeness (QED) is 0.780. The van der Waals surface area contributed by atoms with Crippen LogP contribution in [0.1, 0.15) is 18.2 Å². The molecule has 21 heavy (non-hydrogen) atoms. The zero-order valence-electron chi connectivity index (χ0n) is 12.2. The number of para-hydroxylation sites is 1. The number of nitrogens with zero attached hydrogens (tertiary/aromatic N) is 2. The van der Waals surface area contributed by atoms with Crippen molar-refractivity contribution in [2.75, 3.05) is 5.32 Å². The summed E-state index contributed by atoms with van der Waals surface area (Å²) in [6.07, 6.45) is 0. The molecule has 4 heteroatoms. The van der Waals surface area contributed by atoms with Crippen LogP contribution in [0.5, 0.6) is 0 Å². The monoisotopic (exact) mass is 283 g/mol. The molecule has 0 aliphatic carbocycles. The second-order valence-electron chi connectivity index (χ2n) is 5.09. The number of halogens is 1. The van der Waals surface area contributed by atoms with Crippen molar-refractivity contribution in [1.82, 2.24) is 9.78 Å². The van der Waals surface area contributed by atoms with Crippen LogP contribution in [0.15, 0.2) is 42.5 Å². The van der Waals surface area contributed by atoms with E-state index in [9.17, 15) is 4.39 Å². The average Bonchev–Trinajstić information content (AvgIpc) is 2.85. The van der Waals surface area contributed by atoms with E-state index in [-0.39, 0.29) is 5.82 Å². The number of nitrogens with one attached hydrogen (secondary N) is 1. The van der Waals surface area contributed by atoms with Gasteiger partial charge in [0.05, 0.1) is 17.8 Å². The van der Waals surface area contributed by atoms with Gasteiger partial charge in [-0.2, -0.15) is 5.10 Å². The Bertz CT molecular complexity index is 777. The van der Waals surface area contributed by atoms with Gasteiger partial charge in [0, 0.05) is 17.6 Å². The molecule has 0 radical (unpaired) electrons. The van der Waals surface area contributed by atoms with Gasteiger partial charge in [-0.15, -0.1) is 0 Å². The number of hydrogen-bond donors (Lipinski definition) is 1. The van der Waals surface area contributed by atoms with Crippen molar-refractivity contribution in [3.63, 3.8) is 0 Å². The third-order valence-corrected chi connectivity index (χ3v) is 3.67. The minimum atomic E-state index is -0.209. The van der Waals surface area contributed by atoms with Crippen molar-refractivity contribution in [3.8, 4) is 0 Å². The van der Waals surface area contributed by atoms with Gasteiger partial charge in [-0.3, -0.25) is 4.68 Å². The maximum atomic E-state index is 13.1. The Morgan fingerprint density at radius 3 is 2.76 bits per heavy atom. The molecule has 0 saturated carbocycles. The zero-order chi connectivity index (χ0) is 14.8. The lowest BCUT2D eigenvalue weighted by molar-refractivity contribution is 0.627. The van der Waals surface area contributed by atoms with Crippen LogP contribution in [0, 0.1) is 12.7 Å². The highest BCUT2D eigenvalue weighted by Crippen LogP contribution is 2.21. The van der Waals surface area contributed by atoms with Gasteiger partial charge in [0.2, 0.25) is 0 Å². The SMILES string of the molecule is CCn1nc(CNc2ccc(F)cc2C)c2ccccc21. The molecule has 0 unspecified atom stereocenters. The van der Waals surface area contributed by atoms with E-state index >= 15 is 0 Å². The van der Waals surface area contributed by atoms with Crippen LogP contribution in [0.25, 0.3) is 10.9 Å². The zero-order valence-corrected chi connectivity index (χ0v) is 12.2. The molecule has 3 aromatic rings. The molecule has 0 bridgehead atoms. The summed E-state index contributed by atoms with van der Waals surface area (Å²) in [5, 5.41) is 9.15. The molecule has 1 N–H and O–H groups in total. The lowest BCUT2D eigenvalue weighted by atomic mass is 10.1. The fourth-order valence-electron chi connectivity index (χ4n) is 2.57. The fourth-order valence-corrected chi connectivity index (χ4v) is 2.57. The molecule has 0 amide bonds. The predicted octanol–water partition coefficient (Wildman–Crippen LogP) is 4.12.